The van der Waals surface area contributed by atoms with E-state index in [2.05, 4.69) is 35.8 Å². The number of aromatic nitrogens is 3. The molecule has 2 aromatic carbocycles. The Balaban J connectivity index is 1.19. The van der Waals surface area contributed by atoms with Gasteiger partial charge in [0.25, 0.3) is 0 Å². The van der Waals surface area contributed by atoms with Crippen LogP contribution in [0.15, 0.2) is 67.0 Å². The number of ether oxygens (including phenoxy) is 2. The van der Waals surface area contributed by atoms with Crippen LogP contribution in [-0.4, -0.2) is 58.8 Å². The average molecular weight is 514 g/mol. The van der Waals surface area contributed by atoms with Crippen molar-refractivity contribution in [1.29, 1.82) is 0 Å². The molecule has 10 nitrogen and oxygen atoms in total. The molecule has 38 heavy (non-hydrogen) atoms. The zero-order valence-corrected chi connectivity index (χ0v) is 21.9. The summed E-state index contributed by atoms with van der Waals surface area (Å²) in [4.78, 5) is 26.8. The number of methoxy groups -OCH3 is 1. The summed E-state index contributed by atoms with van der Waals surface area (Å²) in [5.41, 5.74) is 2.91. The second kappa shape index (κ2) is 10.6. The molecule has 0 spiro atoms. The first-order valence-corrected chi connectivity index (χ1v) is 12.4. The lowest BCUT2D eigenvalue weighted by Gasteiger charge is -2.50. The van der Waals surface area contributed by atoms with Crippen LogP contribution >= 0.6 is 0 Å². The van der Waals surface area contributed by atoms with Crippen LogP contribution in [0.3, 0.4) is 0 Å². The van der Waals surface area contributed by atoms with Crippen LogP contribution in [0.4, 0.5) is 28.8 Å². The van der Waals surface area contributed by atoms with Crippen molar-refractivity contribution in [3.05, 3.63) is 67.0 Å². The summed E-state index contributed by atoms with van der Waals surface area (Å²) in [5.74, 6) is 1.79. The number of fused-ring (bicyclic) bond motifs is 1. The Hall–Kier alpha value is -4.28. The second-order valence-electron chi connectivity index (χ2n) is 9.55. The van der Waals surface area contributed by atoms with E-state index in [9.17, 15) is 4.79 Å². The highest BCUT2D eigenvalue weighted by atomic mass is 16.5. The average Bonchev–Trinajstić information content (AvgIpc) is 2.87. The van der Waals surface area contributed by atoms with Gasteiger partial charge in [-0.05, 0) is 62.6 Å². The van der Waals surface area contributed by atoms with E-state index in [1.54, 1.807) is 25.6 Å². The van der Waals surface area contributed by atoms with Crippen molar-refractivity contribution in [2.24, 2.45) is 0 Å². The monoisotopic (exact) mass is 513 g/mol. The topological polar surface area (TPSA) is 114 Å². The quantitative estimate of drug-likeness (QED) is 0.269. The van der Waals surface area contributed by atoms with E-state index >= 15 is 0 Å². The van der Waals surface area contributed by atoms with E-state index in [1.807, 2.05) is 62.6 Å². The van der Waals surface area contributed by atoms with Gasteiger partial charge in [0.15, 0.2) is 0 Å². The highest BCUT2D eigenvalue weighted by molar-refractivity contribution is 5.92. The minimum Gasteiger partial charge on any atom is -0.490 e. The van der Waals surface area contributed by atoms with Crippen molar-refractivity contribution in [1.82, 2.24) is 19.9 Å². The first-order chi connectivity index (χ1) is 18.3. The van der Waals surface area contributed by atoms with Gasteiger partial charge in [-0.25, -0.2) is 4.98 Å². The third-order valence-corrected chi connectivity index (χ3v) is 6.63. The number of carbonyl (C=O) groups excluding carboxylic acids is 1. The standard InChI is InChI=1S/C28H31N7O3/c1-18(36)31-21-6-5-19-13-22(17-30-25(19)14-21)32-26-11-12-29-27(34-26)33-20-7-9-23(10-8-20)38-24-15-28(16-24,37-4)35(2)3/h5-14,17,24H,15-16H2,1-4H3,(H,31,36)(H2,29,32,33,34). The molecule has 1 fully saturated rings. The van der Waals surface area contributed by atoms with Gasteiger partial charge in [0.2, 0.25) is 11.9 Å². The predicted octanol–water partition coefficient (Wildman–Crippen LogP) is 4.92. The van der Waals surface area contributed by atoms with E-state index in [-0.39, 0.29) is 17.7 Å². The van der Waals surface area contributed by atoms with Gasteiger partial charge in [-0.15, -0.1) is 0 Å². The van der Waals surface area contributed by atoms with Crippen LogP contribution < -0.4 is 20.7 Å². The molecule has 5 rings (SSSR count). The number of carbonyl (C=O) groups is 1. The lowest BCUT2D eigenvalue weighted by Crippen LogP contribution is -2.59. The van der Waals surface area contributed by atoms with Crippen LogP contribution in [0, 0.1) is 0 Å². The van der Waals surface area contributed by atoms with Crippen molar-refractivity contribution in [2.75, 3.05) is 37.2 Å². The zero-order valence-electron chi connectivity index (χ0n) is 21.9. The van der Waals surface area contributed by atoms with Gasteiger partial charge >= 0.3 is 0 Å². The van der Waals surface area contributed by atoms with Gasteiger partial charge in [-0.1, -0.05) is 6.07 Å². The minimum atomic E-state index is -0.233. The van der Waals surface area contributed by atoms with Gasteiger partial charge in [-0.2, -0.15) is 4.98 Å². The summed E-state index contributed by atoms with van der Waals surface area (Å²) in [6, 6.07) is 17.1. The summed E-state index contributed by atoms with van der Waals surface area (Å²) in [7, 11) is 5.79. The smallest absolute Gasteiger partial charge is 0.229 e. The third-order valence-electron chi connectivity index (χ3n) is 6.63. The molecule has 0 atom stereocenters. The van der Waals surface area contributed by atoms with Gasteiger partial charge in [0.1, 0.15) is 23.4 Å². The molecule has 3 N–H and O–H groups in total. The number of amides is 1. The maximum absolute atomic E-state index is 11.3. The van der Waals surface area contributed by atoms with Crippen molar-refractivity contribution in [3.8, 4) is 5.75 Å². The molecule has 10 heteroatoms. The number of benzene rings is 2. The van der Waals surface area contributed by atoms with Crippen molar-refractivity contribution in [2.45, 2.75) is 31.6 Å². The number of rotatable bonds is 9. The molecule has 0 radical (unpaired) electrons. The second-order valence-corrected chi connectivity index (χ2v) is 9.55. The first kappa shape index (κ1) is 25.4. The Bertz CT molecular complexity index is 1440. The Morgan fingerprint density at radius 2 is 1.74 bits per heavy atom. The number of anilines is 5. The minimum absolute atomic E-state index is 0.118. The van der Waals surface area contributed by atoms with E-state index < -0.39 is 0 Å². The van der Waals surface area contributed by atoms with Gasteiger partial charge in [0, 0.05) is 49.8 Å². The normalized spacial score (nSPS) is 18.6. The molecule has 4 aromatic rings. The molecule has 1 aliphatic rings. The highest BCUT2D eigenvalue weighted by Crippen LogP contribution is 2.39. The Labute approximate surface area is 221 Å². The zero-order chi connectivity index (χ0) is 26.7. The molecule has 0 unspecified atom stereocenters. The van der Waals surface area contributed by atoms with Crippen LogP contribution in [0.25, 0.3) is 10.9 Å². The van der Waals surface area contributed by atoms with Crippen LogP contribution in [0.1, 0.15) is 19.8 Å². The maximum Gasteiger partial charge on any atom is 0.229 e. The van der Waals surface area contributed by atoms with E-state index in [4.69, 9.17) is 9.47 Å². The largest absolute Gasteiger partial charge is 0.490 e. The fourth-order valence-electron chi connectivity index (χ4n) is 4.50. The predicted molar refractivity (Wildman–Crippen MR) is 148 cm³/mol. The number of hydrogen-bond acceptors (Lipinski definition) is 9. The molecule has 1 aliphatic carbocycles. The molecule has 2 heterocycles. The molecule has 0 aliphatic heterocycles. The summed E-state index contributed by atoms with van der Waals surface area (Å²) < 4.78 is 11.8. The molecule has 196 valence electrons. The third kappa shape index (κ3) is 5.66. The summed E-state index contributed by atoms with van der Waals surface area (Å²) >= 11 is 0. The Morgan fingerprint density at radius 3 is 2.45 bits per heavy atom. The van der Waals surface area contributed by atoms with Crippen LogP contribution in [-0.2, 0) is 9.53 Å². The number of pyridine rings is 1. The molecular weight excluding hydrogens is 482 g/mol. The lowest BCUT2D eigenvalue weighted by atomic mass is 9.83. The summed E-state index contributed by atoms with van der Waals surface area (Å²) in [6.07, 6.45) is 5.20. The van der Waals surface area contributed by atoms with Crippen LogP contribution in [0.2, 0.25) is 0 Å². The summed E-state index contributed by atoms with van der Waals surface area (Å²) in [6.45, 7) is 1.48. The van der Waals surface area contributed by atoms with Crippen molar-refractivity contribution in [3.63, 3.8) is 0 Å². The van der Waals surface area contributed by atoms with Crippen LogP contribution in [0.5, 0.6) is 5.75 Å². The van der Waals surface area contributed by atoms with E-state index in [0.717, 1.165) is 40.9 Å². The van der Waals surface area contributed by atoms with Gasteiger partial charge < -0.3 is 25.4 Å². The van der Waals surface area contributed by atoms with Gasteiger partial charge in [0.05, 0.1) is 17.4 Å². The maximum atomic E-state index is 11.3. The number of hydrogen-bond donors (Lipinski definition) is 3. The molecule has 1 amide bonds. The molecule has 2 aromatic heterocycles. The van der Waals surface area contributed by atoms with Crippen molar-refractivity contribution < 1.29 is 14.3 Å². The molecule has 0 saturated heterocycles. The fourth-order valence-corrected chi connectivity index (χ4v) is 4.50. The highest BCUT2D eigenvalue weighted by Gasteiger charge is 2.48. The fraction of sp³-hybridized carbons (Fsp3) is 0.286. The Morgan fingerprint density at radius 1 is 0.974 bits per heavy atom. The molecular formula is C28H31N7O3. The van der Waals surface area contributed by atoms with Gasteiger partial charge in [-0.3, -0.25) is 14.7 Å². The molecule has 1 saturated carbocycles. The first-order valence-electron chi connectivity index (χ1n) is 12.4. The van der Waals surface area contributed by atoms with E-state index in [1.165, 1.54) is 6.92 Å². The Kier molecular flexibility index (Phi) is 7.08. The number of nitrogens with one attached hydrogen (secondary N) is 3. The van der Waals surface area contributed by atoms with E-state index in [0.29, 0.717) is 17.5 Å². The van der Waals surface area contributed by atoms with Crippen molar-refractivity contribution >= 4 is 45.6 Å². The lowest BCUT2D eigenvalue weighted by molar-refractivity contribution is -0.204. The summed E-state index contributed by atoms with van der Waals surface area (Å²) in [5, 5.41) is 10.2. The molecule has 0 bridgehead atoms. The number of nitrogens with zero attached hydrogens (tertiary/aromatic N) is 4. The SMILES string of the molecule is COC1(N(C)C)CC(Oc2ccc(Nc3nccc(Nc4cnc5cc(NC(C)=O)ccc5c4)n3)cc2)C1.